The van der Waals surface area contributed by atoms with Crippen LogP contribution in [0.1, 0.15) is 37.2 Å². The maximum absolute atomic E-state index is 6.03. The molecule has 114 valence electrons. The third kappa shape index (κ3) is 6.58. The van der Waals surface area contributed by atoms with E-state index in [9.17, 15) is 0 Å². The van der Waals surface area contributed by atoms with Crippen molar-refractivity contribution >= 4 is 46.1 Å². The first-order valence-electron chi connectivity index (χ1n) is 6.45. The summed E-state index contributed by atoms with van der Waals surface area (Å²) in [5, 5.41) is 0. The molecule has 0 radical (unpaired) electrons. The molecule has 0 N–H and O–H groups in total. The standard InChI is InChI=1S/C17H16O2.2BrH.2Mg/c1-17(2)18-15(13-9-5-3-6-10-13)16(19-17)14-11-7-4-8-12-14;;;;/h3-9,11,15-16H,1-2H3;2*1H;;/q-2;;;2*+2/p-2/t15-,16-;;;;/m0..../s1. The molecule has 1 heterocycles. The van der Waals surface area contributed by atoms with Crippen LogP contribution in [-0.2, 0) is 9.47 Å². The van der Waals surface area contributed by atoms with Crippen molar-refractivity contribution in [1.82, 2.24) is 0 Å². The van der Waals surface area contributed by atoms with Crippen LogP contribution in [0.5, 0.6) is 0 Å². The molecule has 0 saturated carbocycles. The topological polar surface area (TPSA) is 18.5 Å². The first-order valence-corrected chi connectivity index (χ1v) is 6.45. The van der Waals surface area contributed by atoms with Gasteiger partial charge in [0, 0.05) is 0 Å². The summed E-state index contributed by atoms with van der Waals surface area (Å²) in [5.41, 5.74) is 2.02. The van der Waals surface area contributed by atoms with Gasteiger partial charge < -0.3 is 43.4 Å². The SMILES string of the molecule is CC1(C)O[C@@H](c2[c-]cccc2)[C@H](c2[c-]cccc2)O1.[Br-].[Br-].[Mg+2].[Mg+2]. The van der Waals surface area contributed by atoms with Crippen molar-refractivity contribution < 1.29 is 43.4 Å². The Labute approximate surface area is 191 Å². The predicted molar refractivity (Wildman–Crippen MR) is 83.8 cm³/mol. The van der Waals surface area contributed by atoms with Crippen molar-refractivity contribution in [2.45, 2.75) is 31.8 Å². The Morgan fingerprint density at radius 3 is 1.48 bits per heavy atom. The Morgan fingerprint density at radius 1 is 0.783 bits per heavy atom. The minimum absolute atomic E-state index is 0. The third-order valence-corrected chi connectivity index (χ3v) is 3.18. The summed E-state index contributed by atoms with van der Waals surface area (Å²) in [6.07, 6.45) is -0.287. The van der Waals surface area contributed by atoms with E-state index in [1.165, 1.54) is 0 Å². The minimum atomic E-state index is -0.595. The molecule has 1 aliphatic heterocycles. The van der Waals surface area contributed by atoms with E-state index in [4.69, 9.17) is 9.47 Å². The van der Waals surface area contributed by atoms with Gasteiger partial charge in [-0.1, -0.05) is 0 Å². The molecule has 23 heavy (non-hydrogen) atoms. The molecule has 0 aliphatic carbocycles. The molecular formula is C17H16Br2Mg2O2. The average Bonchev–Trinajstić information content (AvgIpc) is 2.77. The van der Waals surface area contributed by atoms with E-state index in [0.29, 0.717) is 0 Å². The molecule has 0 unspecified atom stereocenters. The van der Waals surface area contributed by atoms with Gasteiger partial charge >= 0.3 is 46.1 Å². The number of rotatable bonds is 2. The van der Waals surface area contributed by atoms with Gasteiger partial charge in [0.05, 0.1) is 12.2 Å². The largest absolute Gasteiger partial charge is 2.00 e. The summed E-state index contributed by atoms with van der Waals surface area (Å²) in [7, 11) is 0. The van der Waals surface area contributed by atoms with Crippen LogP contribution in [0.4, 0.5) is 0 Å². The fraction of sp³-hybridized carbons (Fsp3) is 0.294. The van der Waals surface area contributed by atoms with E-state index in [0.717, 1.165) is 11.1 Å². The number of ether oxygens (including phenoxy) is 2. The summed E-state index contributed by atoms with van der Waals surface area (Å²) in [6.45, 7) is 3.87. The fourth-order valence-electron chi connectivity index (χ4n) is 2.38. The van der Waals surface area contributed by atoms with Gasteiger partial charge in [-0.15, -0.1) is 11.1 Å². The van der Waals surface area contributed by atoms with Gasteiger partial charge in [-0.2, -0.15) is 60.7 Å². The zero-order chi connectivity index (χ0) is 13.3. The number of hydrogen-bond donors (Lipinski definition) is 0. The molecule has 6 heteroatoms. The Bertz CT molecular complexity index is 504. The van der Waals surface area contributed by atoms with E-state index in [2.05, 4.69) is 12.1 Å². The maximum Gasteiger partial charge on any atom is 2.00 e. The third-order valence-electron chi connectivity index (χ3n) is 3.18. The van der Waals surface area contributed by atoms with Crippen molar-refractivity contribution in [1.29, 1.82) is 0 Å². The van der Waals surface area contributed by atoms with Gasteiger partial charge in [0.25, 0.3) is 0 Å². The molecule has 0 bridgehead atoms. The number of hydrogen-bond acceptors (Lipinski definition) is 2. The number of benzene rings is 2. The second-order valence-corrected chi connectivity index (χ2v) is 5.11. The van der Waals surface area contributed by atoms with Gasteiger partial charge in [-0.3, -0.25) is 0 Å². The van der Waals surface area contributed by atoms with Crippen LogP contribution in [0.15, 0.2) is 48.5 Å². The maximum atomic E-state index is 6.03. The molecule has 2 aromatic rings. The molecule has 0 spiro atoms. The van der Waals surface area contributed by atoms with Gasteiger partial charge in [0.1, 0.15) is 0 Å². The van der Waals surface area contributed by atoms with E-state index >= 15 is 0 Å². The predicted octanol–water partition coefficient (Wildman–Crippen LogP) is -2.90. The zero-order valence-electron chi connectivity index (χ0n) is 13.3. The zero-order valence-corrected chi connectivity index (χ0v) is 19.3. The molecule has 1 saturated heterocycles. The van der Waals surface area contributed by atoms with Crippen LogP contribution >= 0.6 is 0 Å². The summed E-state index contributed by atoms with van der Waals surface area (Å²) in [4.78, 5) is 0. The van der Waals surface area contributed by atoms with E-state index in [-0.39, 0.29) is 92.3 Å². The van der Waals surface area contributed by atoms with Crippen LogP contribution < -0.4 is 34.0 Å². The molecule has 2 nitrogen and oxygen atoms in total. The summed E-state index contributed by atoms with van der Waals surface area (Å²) in [5.74, 6) is -0.595. The summed E-state index contributed by atoms with van der Waals surface area (Å²) < 4.78 is 12.1. The second kappa shape index (κ2) is 11.5. The smallest absolute Gasteiger partial charge is 1.00 e. The van der Waals surface area contributed by atoms with Crippen molar-refractivity contribution in [3.05, 3.63) is 71.8 Å². The van der Waals surface area contributed by atoms with Gasteiger partial charge in [-0.25, -0.2) is 0 Å². The first-order chi connectivity index (χ1) is 9.16. The minimum Gasteiger partial charge on any atom is -1.00 e. The molecular weight excluding hydrogens is 445 g/mol. The Morgan fingerprint density at radius 2 is 1.17 bits per heavy atom. The van der Waals surface area contributed by atoms with Crippen LogP contribution in [0.3, 0.4) is 0 Å². The summed E-state index contributed by atoms with van der Waals surface area (Å²) >= 11 is 0. The monoisotopic (exact) mass is 458 g/mol. The average molecular weight is 461 g/mol. The van der Waals surface area contributed by atoms with Crippen molar-refractivity contribution in [3.8, 4) is 0 Å². The fourth-order valence-corrected chi connectivity index (χ4v) is 2.38. The normalized spacial score (nSPS) is 21.0. The van der Waals surface area contributed by atoms with Crippen molar-refractivity contribution in [2.24, 2.45) is 0 Å². The van der Waals surface area contributed by atoms with E-state index in [1.807, 2.05) is 62.4 Å². The molecule has 1 fully saturated rings. The molecule has 2 aromatic carbocycles. The van der Waals surface area contributed by atoms with Gasteiger partial charge in [-0.05, 0) is 13.8 Å². The molecule has 3 rings (SSSR count). The molecule has 2 atom stereocenters. The molecule has 0 amide bonds. The van der Waals surface area contributed by atoms with E-state index < -0.39 is 5.79 Å². The van der Waals surface area contributed by atoms with Crippen LogP contribution in [0.2, 0.25) is 0 Å². The summed E-state index contributed by atoms with van der Waals surface area (Å²) in [6, 6.07) is 22.2. The van der Waals surface area contributed by atoms with Crippen LogP contribution in [0.25, 0.3) is 0 Å². The van der Waals surface area contributed by atoms with Crippen molar-refractivity contribution in [3.63, 3.8) is 0 Å². The number of halogens is 2. The van der Waals surface area contributed by atoms with Gasteiger partial charge in [0.15, 0.2) is 5.79 Å². The second-order valence-electron chi connectivity index (χ2n) is 5.11. The Balaban J connectivity index is 0. The molecule has 0 aromatic heterocycles. The quantitative estimate of drug-likeness (QED) is 0.354. The Kier molecular flexibility index (Phi) is 13.0. The first kappa shape index (κ1) is 26.1. The van der Waals surface area contributed by atoms with Crippen molar-refractivity contribution in [2.75, 3.05) is 0 Å². The van der Waals surface area contributed by atoms with Crippen LogP contribution in [-0.4, -0.2) is 51.9 Å². The van der Waals surface area contributed by atoms with Crippen LogP contribution in [0, 0.1) is 12.1 Å². The van der Waals surface area contributed by atoms with Gasteiger partial charge in [0.2, 0.25) is 0 Å². The molecule has 1 aliphatic rings. The van der Waals surface area contributed by atoms with E-state index in [1.54, 1.807) is 0 Å². The Hall–Kier alpha value is 0.852.